The number of amides is 1. The maximum Gasteiger partial charge on any atom is 0.258 e. The van der Waals surface area contributed by atoms with Gasteiger partial charge in [0.05, 0.1) is 25.3 Å². The Morgan fingerprint density at radius 2 is 1.38 bits per heavy atom. The monoisotopic (exact) mass is 509 g/mol. The molecule has 1 heterocycles. The molecule has 1 aliphatic rings. The average molecular weight is 509 g/mol. The summed E-state index contributed by atoms with van der Waals surface area (Å²) in [4.78, 5) is 28.3. The van der Waals surface area contributed by atoms with E-state index in [-0.39, 0.29) is 35.4 Å². The summed E-state index contributed by atoms with van der Waals surface area (Å²) in [5, 5.41) is 0. The third-order valence-electron chi connectivity index (χ3n) is 5.74. The first-order valence-electron chi connectivity index (χ1n) is 11.6. The number of halogens is 4. The number of para-hydroxylation sites is 1. The lowest BCUT2D eigenvalue weighted by atomic mass is 9.93. The lowest BCUT2D eigenvalue weighted by Gasteiger charge is -2.30. The molecule has 0 spiro atoms. The van der Waals surface area contributed by atoms with E-state index in [0.717, 1.165) is 30.7 Å². The van der Waals surface area contributed by atoms with Crippen molar-refractivity contribution in [1.82, 2.24) is 4.90 Å². The first kappa shape index (κ1) is 25.9. The molecule has 0 saturated carbocycles. The molecule has 0 atom stereocenters. The minimum Gasteiger partial charge on any atom is -0.493 e. The molecule has 37 heavy (non-hydrogen) atoms. The van der Waals surface area contributed by atoms with Crippen LogP contribution in [-0.4, -0.2) is 36.3 Å². The second-order valence-corrected chi connectivity index (χ2v) is 8.52. The van der Waals surface area contributed by atoms with Crippen molar-refractivity contribution >= 4 is 23.8 Å². The van der Waals surface area contributed by atoms with Crippen molar-refractivity contribution in [1.29, 1.82) is 0 Å². The van der Waals surface area contributed by atoms with E-state index in [2.05, 4.69) is 0 Å². The summed E-state index contributed by atoms with van der Waals surface area (Å²) >= 11 is 0. The minimum atomic E-state index is -1.08. The van der Waals surface area contributed by atoms with Crippen molar-refractivity contribution in [2.45, 2.75) is 13.3 Å². The third-order valence-corrected chi connectivity index (χ3v) is 5.74. The van der Waals surface area contributed by atoms with E-state index in [0.29, 0.717) is 17.9 Å². The molecule has 1 fully saturated rings. The maximum absolute atomic E-state index is 13.8. The van der Waals surface area contributed by atoms with E-state index < -0.39 is 35.0 Å². The molecule has 8 heteroatoms. The number of Topliss-reactive ketones (excluding diaryl/α,β-unsaturated/α-hetero) is 1. The fraction of sp³-hybridized carbons (Fsp3) is 0.172. The van der Waals surface area contributed by atoms with Crippen LogP contribution in [0, 0.1) is 23.3 Å². The Hall–Kier alpha value is -4.20. The molecule has 0 bridgehead atoms. The van der Waals surface area contributed by atoms with Gasteiger partial charge in [0.2, 0.25) is 0 Å². The van der Waals surface area contributed by atoms with Crippen molar-refractivity contribution in [3.63, 3.8) is 0 Å². The number of benzene rings is 3. The van der Waals surface area contributed by atoms with E-state index in [1.807, 2.05) is 6.92 Å². The molecule has 0 aliphatic carbocycles. The SMILES string of the molecule is CCCOc1ccccc1C(=O)N1C/C(=C\c2ccc(F)c(F)c2)C(=O)/C(=C/c2ccc(F)c(F)c2)C1. The van der Waals surface area contributed by atoms with Crippen molar-refractivity contribution in [3.8, 4) is 5.75 Å². The van der Waals surface area contributed by atoms with Gasteiger partial charge in [-0.05, 0) is 66.1 Å². The standard InChI is InChI=1S/C29H23F4NO3/c1-2-11-37-27-6-4-3-5-22(27)29(36)34-16-20(12-18-7-9-23(30)25(32)14-18)28(35)21(17-34)13-19-8-10-24(31)26(33)15-19/h3-10,12-15H,2,11,16-17H2,1H3/b20-12+,21-13+. The number of nitrogens with zero attached hydrogens (tertiary/aromatic N) is 1. The van der Waals surface area contributed by atoms with Gasteiger partial charge in [0.15, 0.2) is 29.1 Å². The Morgan fingerprint density at radius 3 is 1.89 bits per heavy atom. The lowest BCUT2D eigenvalue weighted by Crippen LogP contribution is -2.41. The minimum absolute atomic E-state index is 0.103. The molecule has 4 nitrogen and oxygen atoms in total. The zero-order valence-corrected chi connectivity index (χ0v) is 19.9. The van der Waals surface area contributed by atoms with Gasteiger partial charge in [-0.2, -0.15) is 0 Å². The highest BCUT2D eigenvalue weighted by atomic mass is 19.2. The van der Waals surface area contributed by atoms with Crippen LogP contribution in [0.5, 0.6) is 5.75 Å². The number of likely N-dealkylation sites (tertiary alicyclic amines) is 1. The van der Waals surface area contributed by atoms with Gasteiger partial charge in [0, 0.05) is 11.1 Å². The van der Waals surface area contributed by atoms with E-state index >= 15 is 0 Å². The predicted octanol–water partition coefficient (Wildman–Crippen LogP) is 6.22. The summed E-state index contributed by atoms with van der Waals surface area (Å²) in [5.41, 5.74) is 1.05. The molecule has 3 aromatic carbocycles. The number of rotatable bonds is 6. The van der Waals surface area contributed by atoms with Crippen molar-refractivity contribution in [2.75, 3.05) is 19.7 Å². The Bertz CT molecular complexity index is 1340. The van der Waals surface area contributed by atoms with Gasteiger partial charge < -0.3 is 9.64 Å². The lowest BCUT2D eigenvalue weighted by molar-refractivity contribution is -0.113. The van der Waals surface area contributed by atoms with Gasteiger partial charge >= 0.3 is 0 Å². The smallest absolute Gasteiger partial charge is 0.258 e. The van der Waals surface area contributed by atoms with Crippen LogP contribution in [0.15, 0.2) is 71.8 Å². The second kappa shape index (κ2) is 11.2. The van der Waals surface area contributed by atoms with E-state index in [1.54, 1.807) is 24.3 Å². The Kier molecular flexibility index (Phi) is 7.86. The number of ketones is 1. The quantitative estimate of drug-likeness (QED) is 0.293. The highest BCUT2D eigenvalue weighted by Gasteiger charge is 2.31. The van der Waals surface area contributed by atoms with E-state index in [4.69, 9.17) is 4.74 Å². The molecule has 1 aliphatic heterocycles. The number of hydrogen-bond donors (Lipinski definition) is 0. The van der Waals surface area contributed by atoms with Crippen LogP contribution in [0.1, 0.15) is 34.8 Å². The summed E-state index contributed by atoms with van der Waals surface area (Å²) in [5.74, 6) is -4.69. The Labute approximate surface area is 211 Å². The van der Waals surface area contributed by atoms with Crippen molar-refractivity contribution < 1.29 is 31.9 Å². The van der Waals surface area contributed by atoms with Crippen LogP contribution >= 0.6 is 0 Å². The van der Waals surface area contributed by atoms with Gasteiger partial charge in [-0.1, -0.05) is 31.2 Å². The normalized spacial score (nSPS) is 15.9. The molecule has 190 valence electrons. The van der Waals surface area contributed by atoms with Crippen LogP contribution in [0.4, 0.5) is 17.6 Å². The Morgan fingerprint density at radius 1 is 0.838 bits per heavy atom. The van der Waals surface area contributed by atoms with Crippen LogP contribution in [0.25, 0.3) is 12.2 Å². The molecule has 0 aromatic heterocycles. The molecule has 0 unspecified atom stereocenters. The fourth-order valence-electron chi connectivity index (χ4n) is 3.94. The summed E-state index contributed by atoms with van der Waals surface area (Å²) < 4.78 is 60.1. The number of carbonyl (C=O) groups is 2. The summed E-state index contributed by atoms with van der Waals surface area (Å²) in [6, 6.07) is 13.1. The molecular formula is C29H23F4NO3. The maximum atomic E-state index is 13.8. The van der Waals surface area contributed by atoms with Crippen LogP contribution in [0.3, 0.4) is 0 Å². The van der Waals surface area contributed by atoms with Crippen LogP contribution < -0.4 is 4.74 Å². The van der Waals surface area contributed by atoms with Crippen LogP contribution in [-0.2, 0) is 4.79 Å². The number of ether oxygens (including phenoxy) is 1. The number of carbonyl (C=O) groups excluding carboxylic acids is 2. The largest absolute Gasteiger partial charge is 0.493 e. The van der Waals surface area contributed by atoms with Crippen molar-refractivity contribution in [2.24, 2.45) is 0 Å². The van der Waals surface area contributed by atoms with Gasteiger partial charge in [0.25, 0.3) is 5.91 Å². The molecule has 3 aromatic rings. The summed E-state index contributed by atoms with van der Waals surface area (Å²) in [6.07, 6.45) is 3.49. The second-order valence-electron chi connectivity index (χ2n) is 8.52. The first-order chi connectivity index (χ1) is 17.8. The first-order valence-corrected chi connectivity index (χ1v) is 11.6. The van der Waals surface area contributed by atoms with Crippen LogP contribution in [0.2, 0.25) is 0 Å². The summed E-state index contributed by atoms with van der Waals surface area (Å²) in [6.45, 7) is 2.14. The van der Waals surface area contributed by atoms with E-state index in [9.17, 15) is 27.2 Å². The highest BCUT2D eigenvalue weighted by molar-refractivity contribution is 6.16. The zero-order chi connectivity index (χ0) is 26.5. The van der Waals surface area contributed by atoms with Gasteiger partial charge in [-0.15, -0.1) is 0 Å². The molecule has 1 saturated heterocycles. The molecular weight excluding hydrogens is 486 g/mol. The molecule has 0 N–H and O–H groups in total. The number of piperidine rings is 1. The molecule has 1 amide bonds. The third kappa shape index (κ3) is 5.97. The van der Waals surface area contributed by atoms with Gasteiger partial charge in [-0.3, -0.25) is 9.59 Å². The average Bonchev–Trinajstić information content (AvgIpc) is 2.89. The summed E-state index contributed by atoms with van der Waals surface area (Å²) in [7, 11) is 0. The topological polar surface area (TPSA) is 46.6 Å². The zero-order valence-electron chi connectivity index (χ0n) is 19.9. The van der Waals surface area contributed by atoms with Gasteiger partial charge in [0.1, 0.15) is 5.75 Å². The van der Waals surface area contributed by atoms with E-state index in [1.165, 1.54) is 29.2 Å². The van der Waals surface area contributed by atoms with Crippen molar-refractivity contribution in [3.05, 3.63) is 112 Å². The fourth-order valence-corrected chi connectivity index (χ4v) is 3.94. The molecule has 0 radical (unpaired) electrons. The predicted molar refractivity (Wildman–Crippen MR) is 132 cm³/mol. The number of hydrogen-bond acceptors (Lipinski definition) is 3. The highest BCUT2D eigenvalue weighted by Crippen LogP contribution is 2.27. The van der Waals surface area contributed by atoms with Gasteiger partial charge in [-0.25, -0.2) is 17.6 Å². The Balaban J connectivity index is 1.75. The molecule has 4 rings (SSSR count).